The van der Waals surface area contributed by atoms with E-state index in [-0.39, 0.29) is 12.3 Å². The molecule has 6 heteroatoms. The molecule has 0 bridgehead atoms. The lowest BCUT2D eigenvalue weighted by atomic mass is 10.1. The van der Waals surface area contributed by atoms with Crippen LogP contribution in [0.25, 0.3) is 10.9 Å². The van der Waals surface area contributed by atoms with Gasteiger partial charge < -0.3 is 4.57 Å². The molecular formula is C26H23Cl2N3O. The Morgan fingerprint density at radius 3 is 2.44 bits per heavy atom. The highest BCUT2D eigenvalue weighted by Crippen LogP contribution is 2.27. The van der Waals surface area contributed by atoms with E-state index in [4.69, 9.17) is 23.2 Å². The maximum Gasteiger partial charge on any atom is 0.244 e. The number of nitrogens with one attached hydrogen (secondary N) is 1. The molecule has 0 aliphatic rings. The first-order chi connectivity index (χ1) is 15.4. The van der Waals surface area contributed by atoms with Crippen LogP contribution in [0.4, 0.5) is 0 Å². The summed E-state index contributed by atoms with van der Waals surface area (Å²) in [5.74, 6) is -0.151. The third-order valence-corrected chi connectivity index (χ3v) is 6.21. The van der Waals surface area contributed by atoms with Crippen molar-refractivity contribution >= 4 is 46.2 Å². The molecule has 0 aliphatic heterocycles. The van der Waals surface area contributed by atoms with Crippen LogP contribution >= 0.6 is 23.2 Å². The number of rotatable bonds is 6. The van der Waals surface area contributed by atoms with Crippen molar-refractivity contribution in [2.45, 2.75) is 26.8 Å². The first-order valence-corrected chi connectivity index (χ1v) is 11.1. The van der Waals surface area contributed by atoms with E-state index in [2.05, 4.69) is 27.2 Å². The molecule has 0 saturated carbocycles. The average Bonchev–Trinajstić information content (AvgIpc) is 3.04. The van der Waals surface area contributed by atoms with E-state index in [0.717, 1.165) is 33.3 Å². The Labute approximate surface area is 197 Å². The average molecular weight is 464 g/mol. The summed E-state index contributed by atoms with van der Waals surface area (Å²) in [6.45, 7) is 4.72. The molecule has 4 nitrogen and oxygen atoms in total. The first-order valence-electron chi connectivity index (χ1n) is 10.3. The molecule has 1 N–H and O–H groups in total. The molecule has 4 rings (SSSR count). The van der Waals surface area contributed by atoms with Gasteiger partial charge in [0.05, 0.1) is 22.7 Å². The van der Waals surface area contributed by atoms with Gasteiger partial charge >= 0.3 is 0 Å². The number of aryl methyl sites for hydroxylation is 1. The lowest BCUT2D eigenvalue weighted by Crippen LogP contribution is -2.19. The number of carbonyl (C=O) groups excluding carboxylic acids is 1. The zero-order valence-electron chi connectivity index (χ0n) is 17.9. The second-order valence-corrected chi connectivity index (χ2v) is 8.62. The molecule has 3 aromatic carbocycles. The van der Waals surface area contributed by atoms with Crippen LogP contribution in [0.15, 0.2) is 71.8 Å². The fourth-order valence-electron chi connectivity index (χ4n) is 3.74. The molecule has 0 radical (unpaired) electrons. The summed E-state index contributed by atoms with van der Waals surface area (Å²) in [5.41, 5.74) is 8.93. The van der Waals surface area contributed by atoms with Crippen LogP contribution in [0.2, 0.25) is 10.0 Å². The van der Waals surface area contributed by atoms with Crippen molar-refractivity contribution in [2.24, 2.45) is 5.10 Å². The van der Waals surface area contributed by atoms with Crippen LogP contribution in [0, 0.1) is 13.8 Å². The number of fused-ring (bicyclic) bond motifs is 1. The fraction of sp³-hybridized carbons (Fsp3) is 0.154. The van der Waals surface area contributed by atoms with E-state index in [1.54, 1.807) is 6.21 Å². The molecule has 0 saturated heterocycles. The standard InChI is InChI=1S/C26H23Cl2N3O/c1-17-7-9-19(10-8-17)14-26(32)30-29-15-22-18(2)31(25-6-4-3-5-21(22)25)16-20-11-12-23(27)24(28)13-20/h3-13,15H,14,16H2,1-2H3,(H,30,32)/b29-15-. The van der Waals surface area contributed by atoms with Crippen LogP contribution in [-0.4, -0.2) is 16.7 Å². The van der Waals surface area contributed by atoms with Crippen molar-refractivity contribution in [3.05, 3.63) is 105 Å². The Kier molecular flexibility index (Phi) is 6.63. The Bertz CT molecular complexity index is 1310. The largest absolute Gasteiger partial charge is 0.340 e. The number of aromatic nitrogens is 1. The van der Waals surface area contributed by atoms with Crippen molar-refractivity contribution in [1.82, 2.24) is 9.99 Å². The summed E-state index contributed by atoms with van der Waals surface area (Å²) < 4.78 is 2.21. The quantitative estimate of drug-likeness (QED) is 0.264. The Morgan fingerprint density at radius 2 is 1.69 bits per heavy atom. The van der Waals surface area contributed by atoms with Crippen molar-refractivity contribution < 1.29 is 4.79 Å². The molecule has 4 aromatic rings. The second-order valence-electron chi connectivity index (χ2n) is 7.81. The third kappa shape index (κ3) is 4.87. The van der Waals surface area contributed by atoms with E-state index in [1.807, 2.05) is 68.4 Å². The minimum absolute atomic E-state index is 0.151. The molecule has 0 fully saturated rings. The van der Waals surface area contributed by atoms with Crippen molar-refractivity contribution in [3.63, 3.8) is 0 Å². The van der Waals surface area contributed by atoms with Crippen LogP contribution in [0.1, 0.15) is 27.9 Å². The highest BCUT2D eigenvalue weighted by atomic mass is 35.5. The summed E-state index contributed by atoms with van der Waals surface area (Å²) in [6.07, 6.45) is 2.01. The van der Waals surface area contributed by atoms with Gasteiger partial charge in [-0.05, 0) is 43.2 Å². The Balaban J connectivity index is 1.56. The molecule has 1 heterocycles. The molecular weight excluding hydrogens is 441 g/mol. The van der Waals surface area contributed by atoms with Crippen molar-refractivity contribution in [2.75, 3.05) is 0 Å². The maximum absolute atomic E-state index is 12.3. The van der Waals surface area contributed by atoms with Crippen LogP contribution < -0.4 is 5.43 Å². The lowest BCUT2D eigenvalue weighted by Gasteiger charge is -2.09. The number of amides is 1. The van der Waals surface area contributed by atoms with E-state index in [9.17, 15) is 4.79 Å². The SMILES string of the molecule is Cc1ccc(CC(=O)N/N=C\c2c(C)n(Cc3ccc(Cl)c(Cl)c3)c3ccccc23)cc1. The monoisotopic (exact) mass is 463 g/mol. The molecule has 0 spiro atoms. The Morgan fingerprint density at radius 1 is 0.969 bits per heavy atom. The number of benzene rings is 3. The van der Waals surface area contributed by atoms with Gasteiger partial charge in [-0.25, -0.2) is 5.43 Å². The van der Waals surface area contributed by atoms with Gasteiger partial charge in [-0.15, -0.1) is 0 Å². The van der Waals surface area contributed by atoms with Gasteiger partial charge in [0.15, 0.2) is 0 Å². The first kappa shape index (κ1) is 22.1. The molecule has 32 heavy (non-hydrogen) atoms. The van der Waals surface area contributed by atoms with Gasteiger partial charge in [-0.2, -0.15) is 5.10 Å². The number of carbonyl (C=O) groups is 1. The number of hydrazone groups is 1. The minimum Gasteiger partial charge on any atom is -0.340 e. The summed E-state index contributed by atoms with van der Waals surface area (Å²) in [4.78, 5) is 12.3. The van der Waals surface area contributed by atoms with Gasteiger partial charge in [0.2, 0.25) is 5.91 Å². The van der Waals surface area contributed by atoms with E-state index >= 15 is 0 Å². The van der Waals surface area contributed by atoms with Crippen molar-refractivity contribution in [1.29, 1.82) is 0 Å². The number of hydrogen-bond donors (Lipinski definition) is 1. The summed E-state index contributed by atoms with van der Waals surface area (Å²) in [6, 6.07) is 21.7. The van der Waals surface area contributed by atoms with E-state index < -0.39 is 0 Å². The maximum atomic E-state index is 12.3. The van der Waals surface area contributed by atoms with Crippen LogP contribution in [-0.2, 0) is 17.8 Å². The van der Waals surface area contributed by atoms with Crippen LogP contribution in [0.3, 0.4) is 0 Å². The van der Waals surface area contributed by atoms with E-state index in [1.165, 1.54) is 5.56 Å². The zero-order chi connectivity index (χ0) is 22.7. The van der Waals surface area contributed by atoms with Gasteiger partial charge in [0.25, 0.3) is 0 Å². The smallest absolute Gasteiger partial charge is 0.244 e. The summed E-state index contributed by atoms with van der Waals surface area (Å²) >= 11 is 12.3. The molecule has 0 aliphatic carbocycles. The number of para-hydroxylation sites is 1. The number of nitrogens with zero attached hydrogens (tertiary/aromatic N) is 2. The third-order valence-electron chi connectivity index (χ3n) is 5.47. The van der Waals surface area contributed by atoms with Crippen LogP contribution in [0.5, 0.6) is 0 Å². The topological polar surface area (TPSA) is 46.4 Å². The van der Waals surface area contributed by atoms with Crippen molar-refractivity contribution in [3.8, 4) is 0 Å². The molecule has 0 atom stereocenters. The molecule has 1 amide bonds. The lowest BCUT2D eigenvalue weighted by molar-refractivity contribution is -0.120. The number of halogens is 2. The Hall–Kier alpha value is -3.08. The van der Waals surface area contributed by atoms with Gasteiger partial charge in [0.1, 0.15) is 0 Å². The van der Waals surface area contributed by atoms with E-state index in [0.29, 0.717) is 16.6 Å². The second kappa shape index (κ2) is 9.60. The summed E-state index contributed by atoms with van der Waals surface area (Å²) in [7, 11) is 0. The zero-order valence-corrected chi connectivity index (χ0v) is 19.4. The predicted molar refractivity (Wildman–Crippen MR) is 133 cm³/mol. The molecule has 162 valence electrons. The van der Waals surface area contributed by atoms with Gasteiger partial charge in [0, 0.05) is 28.7 Å². The molecule has 1 aromatic heterocycles. The normalized spacial score (nSPS) is 11.4. The highest BCUT2D eigenvalue weighted by Gasteiger charge is 2.13. The minimum atomic E-state index is -0.151. The van der Waals surface area contributed by atoms with Gasteiger partial charge in [-0.3, -0.25) is 4.79 Å². The number of hydrogen-bond acceptors (Lipinski definition) is 2. The summed E-state index contributed by atoms with van der Waals surface area (Å²) in [5, 5.41) is 6.39. The fourth-order valence-corrected chi connectivity index (χ4v) is 4.07. The molecule has 0 unspecified atom stereocenters. The predicted octanol–water partition coefficient (Wildman–Crippen LogP) is 6.31. The highest BCUT2D eigenvalue weighted by molar-refractivity contribution is 6.42. The van der Waals surface area contributed by atoms with Gasteiger partial charge in [-0.1, -0.05) is 77.3 Å².